The number of nitrogens with one attached hydrogen (secondary N) is 2. The van der Waals surface area contributed by atoms with E-state index < -0.39 is 0 Å². The van der Waals surface area contributed by atoms with Crippen molar-refractivity contribution in [3.8, 4) is 11.5 Å². The normalized spacial score (nSPS) is 16.1. The number of aliphatic hydroxyl groups is 1. The fraction of sp³-hybridized carbons (Fsp3) is 0.667. The number of hydrogen-bond donors (Lipinski definition) is 3. The van der Waals surface area contributed by atoms with E-state index in [1.54, 1.807) is 7.11 Å². The van der Waals surface area contributed by atoms with Crippen LogP contribution in [0.25, 0.3) is 0 Å². The highest BCUT2D eigenvalue weighted by atomic mass is 16.5. The number of aliphatic hydroxyl groups excluding tert-OH is 1. The van der Waals surface area contributed by atoms with E-state index in [1.165, 1.54) is 13.0 Å². The molecular weight excluding hydrogens is 356 g/mol. The van der Waals surface area contributed by atoms with E-state index in [2.05, 4.69) is 29.4 Å². The summed E-state index contributed by atoms with van der Waals surface area (Å²) in [5, 5.41) is 15.8. The van der Waals surface area contributed by atoms with Crippen molar-refractivity contribution in [2.45, 2.75) is 45.7 Å². The molecule has 1 aromatic rings. The monoisotopic (exact) mass is 392 g/mol. The molecule has 3 N–H and O–H groups in total. The molecule has 7 nitrogen and oxygen atoms in total. The Kier molecular flexibility index (Phi) is 9.93. The van der Waals surface area contributed by atoms with Crippen LogP contribution < -0.4 is 20.1 Å². The average Bonchev–Trinajstić information content (AvgIpc) is 2.72. The van der Waals surface area contributed by atoms with Crippen LogP contribution in [0.2, 0.25) is 0 Å². The van der Waals surface area contributed by atoms with E-state index >= 15 is 0 Å². The van der Waals surface area contributed by atoms with Gasteiger partial charge in [0.05, 0.1) is 20.3 Å². The van der Waals surface area contributed by atoms with Gasteiger partial charge in [0.25, 0.3) is 0 Å². The molecule has 0 saturated carbocycles. The summed E-state index contributed by atoms with van der Waals surface area (Å²) in [5.41, 5.74) is 1.04. The maximum Gasteiger partial charge on any atom is 0.191 e. The second-order valence-electron chi connectivity index (χ2n) is 7.01. The van der Waals surface area contributed by atoms with Crippen molar-refractivity contribution in [1.29, 1.82) is 0 Å². The Labute approximate surface area is 169 Å². The van der Waals surface area contributed by atoms with Crippen molar-refractivity contribution in [2.24, 2.45) is 4.99 Å². The predicted molar refractivity (Wildman–Crippen MR) is 113 cm³/mol. The van der Waals surface area contributed by atoms with Gasteiger partial charge in [-0.3, -0.25) is 0 Å². The van der Waals surface area contributed by atoms with Gasteiger partial charge in [-0.1, -0.05) is 13.0 Å². The Hall–Kier alpha value is -1.99. The molecule has 0 unspecified atom stereocenters. The molecule has 0 bridgehead atoms. The zero-order valence-corrected chi connectivity index (χ0v) is 17.5. The lowest BCUT2D eigenvalue weighted by molar-refractivity contribution is 0.196. The average molecular weight is 393 g/mol. The van der Waals surface area contributed by atoms with Crippen molar-refractivity contribution >= 4 is 5.96 Å². The van der Waals surface area contributed by atoms with Crippen LogP contribution in [-0.2, 0) is 6.54 Å². The first-order valence-corrected chi connectivity index (χ1v) is 10.4. The van der Waals surface area contributed by atoms with Gasteiger partial charge in [-0.15, -0.1) is 0 Å². The van der Waals surface area contributed by atoms with E-state index in [-0.39, 0.29) is 13.2 Å². The predicted octanol–water partition coefficient (Wildman–Crippen LogP) is 2.00. The number of hydrogen-bond acceptors (Lipinski definition) is 5. The number of methoxy groups -OCH3 is 1. The molecule has 2 rings (SSSR count). The molecular formula is C21H36N4O3. The number of nitrogens with zero attached hydrogens (tertiary/aromatic N) is 2. The number of guanidine groups is 1. The first-order valence-electron chi connectivity index (χ1n) is 10.4. The second-order valence-corrected chi connectivity index (χ2v) is 7.01. The van der Waals surface area contributed by atoms with Crippen LogP contribution in [0.3, 0.4) is 0 Å². The van der Waals surface area contributed by atoms with Crippen LogP contribution in [-0.4, -0.2) is 68.5 Å². The second kappa shape index (κ2) is 12.5. The number of benzene rings is 1. The fourth-order valence-electron chi connectivity index (χ4n) is 3.39. The topological polar surface area (TPSA) is 78.4 Å². The van der Waals surface area contributed by atoms with Crippen LogP contribution >= 0.6 is 0 Å². The molecule has 0 aromatic heterocycles. The van der Waals surface area contributed by atoms with Gasteiger partial charge in [-0.05, 0) is 50.4 Å². The zero-order valence-electron chi connectivity index (χ0n) is 17.5. The van der Waals surface area contributed by atoms with E-state index in [9.17, 15) is 0 Å². The lowest BCUT2D eigenvalue weighted by Crippen LogP contribution is -2.48. The van der Waals surface area contributed by atoms with E-state index in [1.807, 2.05) is 18.2 Å². The Morgan fingerprint density at radius 2 is 2.04 bits per heavy atom. The van der Waals surface area contributed by atoms with E-state index in [0.717, 1.165) is 44.0 Å². The standard InChI is InChI=1S/C21H36N4O3/c1-4-10-25-11-8-18(9-12-25)24-21(22-5-2)23-16-17-6-7-19(28-14-13-26)20(15-17)27-3/h6-7,15,18,26H,4-5,8-14,16H2,1-3H3,(H2,22,23,24). The molecule has 158 valence electrons. The van der Waals surface area contributed by atoms with Crippen LogP contribution in [0.1, 0.15) is 38.7 Å². The number of likely N-dealkylation sites (tertiary alicyclic amines) is 1. The quantitative estimate of drug-likeness (QED) is 0.418. The molecule has 1 heterocycles. The van der Waals surface area contributed by atoms with Gasteiger partial charge in [0.15, 0.2) is 17.5 Å². The van der Waals surface area contributed by atoms with E-state index in [4.69, 9.17) is 19.6 Å². The summed E-state index contributed by atoms with van der Waals surface area (Å²) >= 11 is 0. The molecule has 0 radical (unpaired) electrons. The molecule has 0 amide bonds. The Morgan fingerprint density at radius 3 is 2.68 bits per heavy atom. The van der Waals surface area contributed by atoms with Crippen LogP contribution in [0.15, 0.2) is 23.2 Å². The molecule has 0 atom stereocenters. The van der Waals surface area contributed by atoms with Crippen molar-refractivity contribution in [2.75, 3.05) is 46.5 Å². The van der Waals surface area contributed by atoms with E-state index in [0.29, 0.717) is 24.1 Å². The summed E-state index contributed by atoms with van der Waals surface area (Å²) in [7, 11) is 1.62. The smallest absolute Gasteiger partial charge is 0.191 e. The number of ether oxygens (including phenoxy) is 2. The molecule has 0 spiro atoms. The Bertz CT molecular complexity index is 601. The third-order valence-electron chi connectivity index (χ3n) is 4.81. The van der Waals surface area contributed by atoms with Gasteiger partial charge < -0.3 is 30.1 Å². The number of rotatable bonds is 10. The van der Waals surface area contributed by atoms with Gasteiger partial charge in [0.2, 0.25) is 0 Å². The van der Waals surface area contributed by atoms with Gasteiger partial charge >= 0.3 is 0 Å². The summed E-state index contributed by atoms with van der Waals surface area (Å²) in [6.07, 6.45) is 3.51. The highest BCUT2D eigenvalue weighted by Gasteiger charge is 2.19. The molecule has 0 aliphatic carbocycles. The highest BCUT2D eigenvalue weighted by molar-refractivity contribution is 5.80. The lowest BCUT2D eigenvalue weighted by atomic mass is 10.1. The SMILES string of the molecule is CCCN1CCC(NC(=NCc2ccc(OCCO)c(OC)c2)NCC)CC1. The number of piperidine rings is 1. The van der Waals surface area contributed by atoms with Crippen LogP contribution in [0, 0.1) is 0 Å². The van der Waals surface area contributed by atoms with Gasteiger partial charge in [0.1, 0.15) is 6.61 Å². The lowest BCUT2D eigenvalue weighted by Gasteiger charge is -2.32. The third-order valence-corrected chi connectivity index (χ3v) is 4.81. The fourth-order valence-corrected chi connectivity index (χ4v) is 3.39. The largest absolute Gasteiger partial charge is 0.493 e. The van der Waals surface area contributed by atoms with Crippen molar-refractivity contribution in [1.82, 2.24) is 15.5 Å². The molecule has 1 saturated heterocycles. The van der Waals surface area contributed by atoms with Crippen LogP contribution in [0.4, 0.5) is 0 Å². The van der Waals surface area contributed by atoms with Gasteiger partial charge in [-0.25, -0.2) is 4.99 Å². The minimum Gasteiger partial charge on any atom is -0.493 e. The minimum atomic E-state index is -0.0235. The van der Waals surface area contributed by atoms with Crippen molar-refractivity contribution in [3.05, 3.63) is 23.8 Å². The maximum atomic E-state index is 8.92. The maximum absolute atomic E-state index is 8.92. The Morgan fingerprint density at radius 1 is 1.25 bits per heavy atom. The summed E-state index contributed by atoms with van der Waals surface area (Å²) in [6.45, 7) is 9.43. The van der Waals surface area contributed by atoms with Crippen LogP contribution in [0.5, 0.6) is 11.5 Å². The third kappa shape index (κ3) is 7.20. The molecule has 28 heavy (non-hydrogen) atoms. The van der Waals surface area contributed by atoms with Crippen molar-refractivity contribution < 1.29 is 14.6 Å². The molecule has 7 heteroatoms. The molecule has 1 fully saturated rings. The summed E-state index contributed by atoms with van der Waals surface area (Å²) < 4.78 is 10.9. The zero-order chi connectivity index (χ0) is 20.2. The molecule has 1 aromatic carbocycles. The first kappa shape index (κ1) is 22.3. The highest BCUT2D eigenvalue weighted by Crippen LogP contribution is 2.28. The Balaban J connectivity index is 1.94. The molecule has 1 aliphatic rings. The van der Waals surface area contributed by atoms with Crippen molar-refractivity contribution in [3.63, 3.8) is 0 Å². The summed E-state index contributed by atoms with van der Waals surface area (Å²) in [4.78, 5) is 7.28. The first-order chi connectivity index (χ1) is 13.7. The summed E-state index contributed by atoms with van der Waals surface area (Å²) in [5.74, 6) is 2.14. The molecule has 1 aliphatic heterocycles. The minimum absolute atomic E-state index is 0.0235. The van der Waals surface area contributed by atoms with Gasteiger partial charge in [-0.2, -0.15) is 0 Å². The van der Waals surface area contributed by atoms with Gasteiger partial charge in [0, 0.05) is 25.7 Å². The number of aliphatic imine (C=N–C) groups is 1. The summed E-state index contributed by atoms with van der Waals surface area (Å²) in [6, 6.07) is 6.24.